The number of aliphatic hydroxyl groups is 7. The lowest BCUT2D eigenvalue weighted by molar-refractivity contribution is -0.352. The number of carboxylic acids is 1. The fraction of sp³-hybridized carbons (Fsp3) is 0.958. The second-order valence-electron chi connectivity index (χ2n) is 23.8. The van der Waals surface area contributed by atoms with Gasteiger partial charge in [-0.15, -0.1) is 0 Å². The minimum absolute atomic E-state index is 0.0116. The van der Waals surface area contributed by atoms with Crippen LogP contribution in [0.25, 0.3) is 0 Å². The van der Waals surface area contributed by atoms with Gasteiger partial charge in [0.1, 0.15) is 61.0 Å². The molecule has 3 heterocycles. The molecular formula is C48H79NO16. The maximum absolute atomic E-state index is 13.2. The summed E-state index contributed by atoms with van der Waals surface area (Å²) in [6.45, 7) is 16.8. The van der Waals surface area contributed by atoms with Gasteiger partial charge >= 0.3 is 5.97 Å². The minimum Gasteiger partial charge on any atom is -0.481 e. The van der Waals surface area contributed by atoms with Crippen LogP contribution in [0.4, 0.5) is 0 Å². The van der Waals surface area contributed by atoms with Crippen LogP contribution in [-0.2, 0) is 38.0 Å². The van der Waals surface area contributed by atoms with Crippen molar-refractivity contribution in [2.24, 2.45) is 56.2 Å². The number of carboxylic acid groups (broad SMARTS) is 1. The van der Waals surface area contributed by atoms with Gasteiger partial charge in [-0.1, -0.05) is 48.5 Å². The van der Waals surface area contributed by atoms with E-state index >= 15 is 0 Å². The molecule has 0 aromatic heterocycles. The first-order chi connectivity index (χ1) is 30.3. The summed E-state index contributed by atoms with van der Waals surface area (Å²) in [5.41, 5.74) is -0.878. The maximum atomic E-state index is 13.2. The van der Waals surface area contributed by atoms with Gasteiger partial charge in [-0.05, 0) is 121 Å². The molecule has 0 radical (unpaired) electrons. The highest BCUT2D eigenvalue weighted by molar-refractivity contribution is 5.75. The van der Waals surface area contributed by atoms with Gasteiger partial charge in [0.2, 0.25) is 5.91 Å². The molecule has 17 heteroatoms. The van der Waals surface area contributed by atoms with E-state index in [2.05, 4.69) is 53.8 Å². The third-order valence-corrected chi connectivity index (χ3v) is 19.6. The number of ether oxygens (including phenoxy) is 6. The van der Waals surface area contributed by atoms with Crippen molar-refractivity contribution in [1.29, 1.82) is 0 Å². The van der Waals surface area contributed by atoms with Crippen LogP contribution in [0.1, 0.15) is 126 Å². The van der Waals surface area contributed by atoms with Crippen molar-refractivity contribution in [2.45, 2.75) is 212 Å². The Morgan fingerprint density at radius 3 is 1.98 bits per heavy atom. The van der Waals surface area contributed by atoms with E-state index in [-0.39, 0.29) is 58.2 Å². The lowest BCUT2D eigenvalue weighted by Gasteiger charge is -2.73. The molecule has 22 atom stereocenters. The van der Waals surface area contributed by atoms with E-state index in [1.165, 1.54) is 6.92 Å². The van der Waals surface area contributed by atoms with Gasteiger partial charge in [-0.25, -0.2) is 0 Å². The van der Waals surface area contributed by atoms with Crippen molar-refractivity contribution >= 4 is 11.9 Å². The molecule has 0 unspecified atom stereocenters. The van der Waals surface area contributed by atoms with Crippen molar-refractivity contribution < 1.29 is 78.9 Å². The number of amides is 1. The van der Waals surface area contributed by atoms with E-state index in [1.807, 2.05) is 0 Å². The normalized spacial score (nSPS) is 52.8. The molecule has 8 rings (SSSR count). The summed E-state index contributed by atoms with van der Waals surface area (Å²) in [5, 5.41) is 88.4. The fourth-order valence-corrected chi connectivity index (χ4v) is 15.7. The average molecular weight is 926 g/mol. The number of hydrogen-bond acceptors (Lipinski definition) is 15. The summed E-state index contributed by atoms with van der Waals surface area (Å²) in [6.07, 6.45) is -7.90. The Bertz CT molecular complexity index is 1750. The first-order valence-corrected chi connectivity index (χ1v) is 24.4. The van der Waals surface area contributed by atoms with E-state index in [0.717, 1.165) is 64.2 Å². The molecule has 0 spiro atoms. The van der Waals surface area contributed by atoms with Crippen LogP contribution in [0.5, 0.6) is 0 Å². The predicted molar refractivity (Wildman–Crippen MR) is 230 cm³/mol. The third kappa shape index (κ3) is 8.23. The maximum Gasteiger partial charge on any atom is 0.309 e. The Morgan fingerprint density at radius 2 is 1.31 bits per heavy atom. The topological polar surface area (TPSA) is 263 Å². The van der Waals surface area contributed by atoms with E-state index in [4.69, 9.17) is 28.4 Å². The highest BCUT2D eigenvalue weighted by atomic mass is 16.8. The number of aliphatic hydroxyl groups excluding tert-OH is 7. The van der Waals surface area contributed by atoms with Crippen molar-refractivity contribution in [2.75, 3.05) is 19.8 Å². The zero-order valence-corrected chi connectivity index (χ0v) is 39.6. The van der Waals surface area contributed by atoms with Crippen molar-refractivity contribution in [1.82, 2.24) is 5.32 Å². The molecule has 8 aliphatic rings. The molecular weight excluding hydrogens is 847 g/mol. The predicted octanol–water partition coefficient (Wildman–Crippen LogP) is 2.21. The molecule has 0 aromatic carbocycles. The zero-order chi connectivity index (χ0) is 47.4. The van der Waals surface area contributed by atoms with Gasteiger partial charge in [0.05, 0.1) is 31.3 Å². The number of rotatable bonds is 9. The van der Waals surface area contributed by atoms with E-state index in [9.17, 15) is 50.4 Å². The number of nitrogens with one attached hydrogen (secondary N) is 1. The van der Waals surface area contributed by atoms with Crippen LogP contribution < -0.4 is 5.32 Å². The summed E-state index contributed by atoms with van der Waals surface area (Å²) >= 11 is 0. The smallest absolute Gasteiger partial charge is 0.309 e. The van der Waals surface area contributed by atoms with Gasteiger partial charge in [-0.2, -0.15) is 0 Å². The lowest BCUT2D eigenvalue weighted by Crippen LogP contribution is -2.69. The van der Waals surface area contributed by atoms with Crippen LogP contribution in [-0.4, -0.2) is 159 Å². The van der Waals surface area contributed by atoms with Gasteiger partial charge in [0.15, 0.2) is 18.9 Å². The first kappa shape index (κ1) is 49.8. The number of hydrogen-bond donors (Lipinski definition) is 9. The van der Waals surface area contributed by atoms with E-state index < -0.39 is 104 Å². The van der Waals surface area contributed by atoms with Gasteiger partial charge in [-0.3, -0.25) is 9.59 Å². The largest absolute Gasteiger partial charge is 0.481 e. The number of carbonyl (C=O) groups is 2. The molecule has 3 saturated heterocycles. The fourth-order valence-electron chi connectivity index (χ4n) is 15.7. The Kier molecular flexibility index (Phi) is 13.6. The number of fused-ring (bicyclic) bond motifs is 7. The molecule has 0 aromatic rings. The van der Waals surface area contributed by atoms with Crippen LogP contribution in [0.15, 0.2) is 0 Å². The molecule has 17 nitrogen and oxygen atoms in total. The average Bonchev–Trinajstić information content (AvgIpc) is 3.23. The molecule has 1 amide bonds. The molecule has 8 fully saturated rings. The highest BCUT2D eigenvalue weighted by Gasteiger charge is 2.71. The summed E-state index contributed by atoms with van der Waals surface area (Å²) in [5.74, 6) is 0.170. The van der Waals surface area contributed by atoms with Crippen LogP contribution in [0.3, 0.4) is 0 Å². The number of aliphatic carboxylic acids is 1. The SMILES string of the molecule is CC(=O)N[C@@H]1[C@H](O[C@@H]2CC[C@]3(C)[C@H]4CC[C@@H]5[C@H]6CC(C)(C)CC[C@]6(C(=O)O)CC[C@@]5(C)[C@]4(C)CC[C@H]3C2(C)C)O[C@H](CO[C@@H]2OC[C@H](O)[C@@H](O)[C@@H]2O[C@@H]2OC[C@H](O)[C@H](O)[C@H]2O)[C@@H](O)[C@H]1O. The zero-order valence-electron chi connectivity index (χ0n) is 39.6. The molecule has 0 bridgehead atoms. The van der Waals surface area contributed by atoms with Gasteiger partial charge in [0.25, 0.3) is 0 Å². The molecule has 5 saturated carbocycles. The third-order valence-electron chi connectivity index (χ3n) is 19.6. The van der Waals surface area contributed by atoms with E-state index in [1.54, 1.807) is 0 Å². The summed E-state index contributed by atoms with van der Waals surface area (Å²) in [7, 11) is 0. The van der Waals surface area contributed by atoms with Gasteiger partial charge < -0.3 is 74.6 Å². The molecule has 3 aliphatic heterocycles. The minimum atomic E-state index is -1.70. The summed E-state index contributed by atoms with van der Waals surface area (Å²) in [6, 6.07) is -1.13. The van der Waals surface area contributed by atoms with Crippen LogP contribution >= 0.6 is 0 Å². The second-order valence-corrected chi connectivity index (χ2v) is 23.8. The van der Waals surface area contributed by atoms with Crippen molar-refractivity contribution in [3.05, 3.63) is 0 Å². The Morgan fingerprint density at radius 1 is 0.646 bits per heavy atom. The first-order valence-electron chi connectivity index (χ1n) is 24.4. The Hall–Kier alpha value is -1.58. The molecule has 372 valence electrons. The molecule has 9 N–H and O–H groups in total. The Labute approximate surface area is 383 Å². The summed E-state index contributed by atoms with van der Waals surface area (Å²) in [4.78, 5) is 25.7. The monoisotopic (exact) mass is 926 g/mol. The van der Waals surface area contributed by atoms with Crippen molar-refractivity contribution in [3.63, 3.8) is 0 Å². The second kappa shape index (κ2) is 17.7. The molecule has 5 aliphatic carbocycles. The van der Waals surface area contributed by atoms with Crippen LogP contribution in [0, 0.1) is 56.2 Å². The lowest BCUT2D eigenvalue weighted by atomic mass is 9.31. The van der Waals surface area contributed by atoms with Crippen LogP contribution in [0.2, 0.25) is 0 Å². The highest BCUT2D eigenvalue weighted by Crippen LogP contribution is 2.77. The van der Waals surface area contributed by atoms with E-state index in [0.29, 0.717) is 18.3 Å². The summed E-state index contributed by atoms with van der Waals surface area (Å²) < 4.78 is 36.1. The quantitative estimate of drug-likeness (QED) is 0.150. The van der Waals surface area contributed by atoms with Crippen molar-refractivity contribution in [3.8, 4) is 0 Å². The Balaban J connectivity index is 0.981. The molecule has 65 heavy (non-hydrogen) atoms. The number of carbonyl (C=O) groups excluding carboxylic acids is 1. The van der Waals surface area contributed by atoms with Gasteiger partial charge in [0, 0.05) is 6.92 Å². The standard InChI is InChI=1S/C48H79NO16/c1-23(50)49-32-36(56)35(55)28(22-62-41-38(34(54)27(52)21-61-41)65-40-37(57)33(53)26(51)20-60-40)63-39(32)64-31-12-13-45(6)29(44(31,4)5)11-14-47(8)30(45)10-9-24-25-19-43(2,3)15-17-48(25,42(58)59)18-16-46(24,47)7/h24-41,51-57H,9-22H2,1-8H3,(H,49,50)(H,58,59)/t24-,25-,26+,27+,28-,29+,30-,31-,32+,33+,34-,35-,36+,37-,38+,39+,40+,41+,45+,46-,47-,48+/m1/s1.